The van der Waals surface area contributed by atoms with Gasteiger partial charge in [0.15, 0.2) is 0 Å². The minimum absolute atomic E-state index is 0.00328. The van der Waals surface area contributed by atoms with E-state index in [1.54, 1.807) is 6.07 Å². The molecule has 1 unspecified atom stereocenters. The lowest BCUT2D eigenvalue weighted by atomic mass is 9.85. The number of ether oxygens (including phenoxy) is 1. The lowest BCUT2D eigenvalue weighted by Crippen LogP contribution is -2.18. The zero-order valence-electron chi connectivity index (χ0n) is 11.8. The Balaban J connectivity index is 1.99. The number of hydrogen-bond donors (Lipinski definition) is 0. The van der Waals surface area contributed by atoms with Gasteiger partial charge in [0.1, 0.15) is 11.6 Å². The molecular formula is C17H15BrClFO. The second-order valence-electron chi connectivity index (χ2n) is 5.96. The van der Waals surface area contributed by atoms with Crippen LogP contribution in [0.4, 0.5) is 4.39 Å². The summed E-state index contributed by atoms with van der Waals surface area (Å²) in [4.78, 5) is -0.0778. The van der Waals surface area contributed by atoms with Crippen LogP contribution in [0.1, 0.15) is 35.4 Å². The quantitative estimate of drug-likeness (QED) is 0.623. The molecule has 3 rings (SSSR count). The monoisotopic (exact) mass is 368 g/mol. The molecule has 21 heavy (non-hydrogen) atoms. The summed E-state index contributed by atoms with van der Waals surface area (Å²) in [7, 11) is 0. The van der Waals surface area contributed by atoms with Gasteiger partial charge < -0.3 is 4.74 Å². The first-order chi connectivity index (χ1) is 9.88. The van der Waals surface area contributed by atoms with Crippen LogP contribution in [0.3, 0.4) is 0 Å². The number of hydrogen-bond acceptors (Lipinski definition) is 1. The van der Waals surface area contributed by atoms with E-state index in [4.69, 9.17) is 16.3 Å². The number of fused-ring (bicyclic) bond motifs is 1. The van der Waals surface area contributed by atoms with Crippen LogP contribution in [0.5, 0.6) is 5.75 Å². The largest absolute Gasteiger partial charge is 0.492 e. The maximum atomic E-state index is 13.6. The molecular weight excluding hydrogens is 355 g/mol. The molecule has 2 aromatic carbocycles. The molecule has 0 saturated heterocycles. The van der Waals surface area contributed by atoms with E-state index in [1.807, 2.05) is 18.2 Å². The van der Waals surface area contributed by atoms with Crippen LogP contribution in [0.25, 0.3) is 0 Å². The molecule has 0 bridgehead atoms. The molecule has 110 valence electrons. The highest BCUT2D eigenvalue weighted by Crippen LogP contribution is 2.42. The maximum Gasteiger partial charge on any atom is 0.142 e. The Labute approximate surface area is 137 Å². The van der Waals surface area contributed by atoms with E-state index in [9.17, 15) is 4.39 Å². The Morgan fingerprint density at radius 1 is 1.19 bits per heavy atom. The Morgan fingerprint density at radius 3 is 2.57 bits per heavy atom. The SMILES string of the molecule is CC1(C)COc2ccc(C(Br)c3ccc(Cl)c(F)c3)cc21. The van der Waals surface area contributed by atoms with Crippen LogP contribution >= 0.6 is 27.5 Å². The average molecular weight is 370 g/mol. The molecule has 1 aliphatic heterocycles. The Morgan fingerprint density at radius 2 is 1.86 bits per heavy atom. The lowest BCUT2D eigenvalue weighted by molar-refractivity contribution is 0.291. The van der Waals surface area contributed by atoms with Gasteiger partial charge in [-0.2, -0.15) is 0 Å². The summed E-state index contributed by atoms with van der Waals surface area (Å²) in [5.41, 5.74) is 3.12. The Hall–Kier alpha value is -1.06. The molecule has 0 aliphatic carbocycles. The normalized spacial score (nSPS) is 17.2. The van der Waals surface area contributed by atoms with Gasteiger partial charge >= 0.3 is 0 Å². The van der Waals surface area contributed by atoms with Gasteiger partial charge in [-0.25, -0.2) is 4.39 Å². The van der Waals surface area contributed by atoms with E-state index in [0.717, 1.165) is 16.9 Å². The highest BCUT2D eigenvalue weighted by atomic mass is 79.9. The summed E-state index contributed by atoms with van der Waals surface area (Å²) in [6.07, 6.45) is 0. The van der Waals surface area contributed by atoms with Crippen molar-refractivity contribution in [3.63, 3.8) is 0 Å². The van der Waals surface area contributed by atoms with Gasteiger partial charge in [-0.05, 0) is 35.4 Å². The Bertz CT molecular complexity index is 699. The van der Waals surface area contributed by atoms with Crippen molar-refractivity contribution in [2.75, 3.05) is 6.61 Å². The molecule has 1 nitrogen and oxygen atoms in total. The van der Waals surface area contributed by atoms with Crippen LogP contribution in [-0.2, 0) is 5.41 Å². The van der Waals surface area contributed by atoms with Crippen molar-refractivity contribution >= 4 is 27.5 Å². The van der Waals surface area contributed by atoms with E-state index in [1.165, 1.54) is 11.6 Å². The first-order valence-electron chi connectivity index (χ1n) is 6.75. The van der Waals surface area contributed by atoms with Crippen LogP contribution in [0.2, 0.25) is 5.02 Å². The van der Waals surface area contributed by atoms with Gasteiger partial charge in [0.25, 0.3) is 0 Å². The van der Waals surface area contributed by atoms with Gasteiger partial charge in [-0.3, -0.25) is 0 Å². The third kappa shape index (κ3) is 2.69. The van der Waals surface area contributed by atoms with E-state index in [2.05, 4.69) is 35.8 Å². The van der Waals surface area contributed by atoms with Gasteiger partial charge in [-0.1, -0.05) is 53.5 Å². The minimum atomic E-state index is -0.400. The molecule has 0 spiro atoms. The fraction of sp³-hybridized carbons (Fsp3) is 0.294. The summed E-state index contributed by atoms with van der Waals surface area (Å²) in [6, 6.07) is 11.0. The van der Waals surface area contributed by atoms with Gasteiger partial charge in [0, 0.05) is 11.0 Å². The van der Waals surface area contributed by atoms with Crippen LogP contribution < -0.4 is 4.74 Å². The molecule has 1 atom stereocenters. The maximum absolute atomic E-state index is 13.6. The summed E-state index contributed by atoms with van der Waals surface area (Å²) in [5, 5.41) is 0.141. The van der Waals surface area contributed by atoms with Crippen molar-refractivity contribution in [3.05, 3.63) is 63.9 Å². The number of benzene rings is 2. The first kappa shape index (κ1) is 14.9. The van der Waals surface area contributed by atoms with E-state index in [0.29, 0.717) is 6.61 Å². The zero-order chi connectivity index (χ0) is 15.2. The molecule has 1 aliphatic rings. The first-order valence-corrected chi connectivity index (χ1v) is 8.04. The minimum Gasteiger partial charge on any atom is -0.492 e. The summed E-state index contributed by atoms with van der Waals surface area (Å²) in [5.74, 6) is 0.536. The highest BCUT2D eigenvalue weighted by Gasteiger charge is 2.32. The van der Waals surface area contributed by atoms with Gasteiger partial charge in [-0.15, -0.1) is 0 Å². The summed E-state index contributed by atoms with van der Waals surface area (Å²) >= 11 is 9.39. The molecule has 2 aromatic rings. The third-order valence-electron chi connectivity index (χ3n) is 3.85. The predicted molar refractivity (Wildman–Crippen MR) is 87.1 cm³/mol. The second-order valence-corrected chi connectivity index (χ2v) is 7.29. The second kappa shape index (κ2) is 5.29. The average Bonchev–Trinajstić information content (AvgIpc) is 2.76. The van der Waals surface area contributed by atoms with Crippen molar-refractivity contribution in [2.45, 2.75) is 24.1 Å². The smallest absolute Gasteiger partial charge is 0.142 e. The Kier molecular flexibility index (Phi) is 3.74. The van der Waals surface area contributed by atoms with Crippen molar-refractivity contribution in [1.82, 2.24) is 0 Å². The molecule has 0 aromatic heterocycles. The molecule has 0 amide bonds. The van der Waals surface area contributed by atoms with Gasteiger partial charge in [0.2, 0.25) is 0 Å². The fourth-order valence-electron chi connectivity index (χ4n) is 2.56. The zero-order valence-corrected chi connectivity index (χ0v) is 14.1. The van der Waals surface area contributed by atoms with E-state index >= 15 is 0 Å². The third-order valence-corrected chi connectivity index (χ3v) is 5.21. The molecule has 0 saturated carbocycles. The standard InChI is InChI=1S/C17H15BrClFO/c1-17(2)9-21-15-6-4-10(7-12(15)17)16(18)11-3-5-13(19)14(20)8-11/h3-8,16H,9H2,1-2H3. The van der Waals surface area contributed by atoms with E-state index < -0.39 is 5.82 Å². The predicted octanol–water partition coefficient (Wildman–Crippen LogP) is 5.63. The molecule has 1 heterocycles. The number of rotatable bonds is 2. The number of halogens is 3. The van der Waals surface area contributed by atoms with Crippen molar-refractivity contribution in [2.24, 2.45) is 0 Å². The molecule has 0 N–H and O–H groups in total. The number of alkyl halides is 1. The lowest BCUT2D eigenvalue weighted by Gasteiger charge is -2.18. The summed E-state index contributed by atoms with van der Waals surface area (Å²) in [6.45, 7) is 5.01. The summed E-state index contributed by atoms with van der Waals surface area (Å²) < 4.78 is 19.3. The topological polar surface area (TPSA) is 9.23 Å². The van der Waals surface area contributed by atoms with Crippen molar-refractivity contribution in [1.29, 1.82) is 0 Å². The van der Waals surface area contributed by atoms with Crippen LogP contribution in [0, 0.1) is 5.82 Å². The van der Waals surface area contributed by atoms with Crippen LogP contribution in [0.15, 0.2) is 36.4 Å². The molecule has 4 heteroatoms. The van der Waals surface area contributed by atoms with Crippen LogP contribution in [-0.4, -0.2) is 6.61 Å². The highest BCUT2D eigenvalue weighted by molar-refractivity contribution is 9.09. The van der Waals surface area contributed by atoms with Crippen molar-refractivity contribution < 1.29 is 9.13 Å². The fourth-order valence-corrected chi connectivity index (χ4v) is 3.25. The molecule has 0 radical (unpaired) electrons. The van der Waals surface area contributed by atoms with E-state index in [-0.39, 0.29) is 15.3 Å². The van der Waals surface area contributed by atoms with Gasteiger partial charge in [0.05, 0.1) is 16.5 Å². The van der Waals surface area contributed by atoms with Crippen molar-refractivity contribution in [3.8, 4) is 5.75 Å². The molecule has 0 fully saturated rings.